The molecule has 0 bridgehead atoms. The quantitative estimate of drug-likeness (QED) is 0.904. The zero-order valence-corrected chi connectivity index (χ0v) is 12.7. The maximum atomic E-state index is 11.8. The van der Waals surface area contributed by atoms with Crippen molar-refractivity contribution in [3.8, 4) is 5.75 Å². The van der Waals surface area contributed by atoms with Crippen LogP contribution in [0.4, 0.5) is 4.79 Å². The standard InChI is InChI=1S/C16H17N3O4/c1-22-11-3-5-12-10(8-11)2-4-13(18-12)14-9-19(16(21)23-14)7-6-15(17)20/h2-5,8,14H,6-7,9H2,1H3,(H2,17,20)/t14-/m1/s1. The first-order valence-corrected chi connectivity index (χ1v) is 7.25. The van der Waals surface area contributed by atoms with E-state index >= 15 is 0 Å². The summed E-state index contributed by atoms with van der Waals surface area (Å²) in [5, 5.41) is 0.947. The molecular formula is C16H17N3O4. The number of nitrogens with zero attached hydrogens (tertiary/aromatic N) is 2. The molecule has 1 atom stereocenters. The second-order valence-corrected chi connectivity index (χ2v) is 5.33. The predicted octanol–water partition coefficient (Wildman–Crippen LogP) is 1.61. The van der Waals surface area contributed by atoms with Gasteiger partial charge in [0.15, 0.2) is 6.10 Å². The second kappa shape index (κ2) is 6.12. The molecule has 1 aliphatic rings. The smallest absolute Gasteiger partial charge is 0.410 e. The van der Waals surface area contributed by atoms with Gasteiger partial charge in [0.1, 0.15) is 5.75 Å². The van der Waals surface area contributed by atoms with Gasteiger partial charge in [0.25, 0.3) is 0 Å². The molecule has 2 heterocycles. The van der Waals surface area contributed by atoms with Crippen LogP contribution in [-0.2, 0) is 9.53 Å². The van der Waals surface area contributed by atoms with Crippen molar-refractivity contribution in [2.45, 2.75) is 12.5 Å². The number of benzene rings is 1. The molecule has 120 valence electrons. The Balaban J connectivity index is 1.78. The van der Waals surface area contributed by atoms with E-state index in [0.29, 0.717) is 12.2 Å². The first kappa shape index (κ1) is 15.1. The van der Waals surface area contributed by atoms with Crippen LogP contribution >= 0.6 is 0 Å². The fraction of sp³-hybridized carbons (Fsp3) is 0.312. The molecule has 23 heavy (non-hydrogen) atoms. The number of carbonyl (C=O) groups excluding carboxylic acids is 2. The maximum Gasteiger partial charge on any atom is 0.410 e. The number of rotatable bonds is 5. The number of fused-ring (bicyclic) bond motifs is 1. The van der Waals surface area contributed by atoms with Crippen LogP contribution in [0.25, 0.3) is 10.9 Å². The zero-order chi connectivity index (χ0) is 16.4. The number of methoxy groups -OCH3 is 1. The number of ether oxygens (including phenoxy) is 2. The normalized spacial score (nSPS) is 17.3. The lowest BCUT2D eigenvalue weighted by Gasteiger charge is -2.11. The number of hydrogen-bond donors (Lipinski definition) is 1. The molecule has 0 spiro atoms. The Morgan fingerprint density at radius 2 is 2.26 bits per heavy atom. The minimum absolute atomic E-state index is 0.118. The van der Waals surface area contributed by atoms with Gasteiger partial charge in [-0.1, -0.05) is 6.07 Å². The molecule has 0 radical (unpaired) electrons. The number of amides is 2. The molecule has 0 saturated carbocycles. The summed E-state index contributed by atoms with van der Waals surface area (Å²) < 4.78 is 10.5. The summed E-state index contributed by atoms with van der Waals surface area (Å²) in [5.74, 6) is 0.316. The summed E-state index contributed by atoms with van der Waals surface area (Å²) in [4.78, 5) is 28.7. The van der Waals surface area contributed by atoms with Crippen LogP contribution in [0.2, 0.25) is 0 Å². The van der Waals surface area contributed by atoms with Crippen molar-refractivity contribution in [3.05, 3.63) is 36.0 Å². The molecule has 1 aliphatic heterocycles. The summed E-state index contributed by atoms with van der Waals surface area (Å²) in [6.07, 6.45) is -0.776. The molecule has 0 unspecified atom stereocenters. The van der Waals surface area contributed by atoms with Crippen LogP contribution in [0, 0.1) is 0 Å². The van der Waals surface area contributed by atoms with E-state index in [0.717, 1.165) is 16.7 Å². The number of carbonyl (C=O) groups is 2. The fourth-order valence-corrected chi connectivity index (χ4v) is 2.52. The van der Waals surface area contributed by atoms with E-state index in [4.69, 9.17) is 15.2 Å². The summed E-state index contributed by atoms with van der Waals surface area (Å²) in [7, 11) is 1.61. The van der Waals surface area contributed by atoms with Gasteiger partial charge in [0.2, 0.25) is 5.91 Å². The molecule has 1 aromatic carbocycles. The Bertz CT molecular complexity index is 762. The van der Waals surface area contributed by atoms with Crippen molar-refractivity contribution in [2.24, 2.45) is 5.73 Å². The molecule has 7 heteroatoms. The molecule has 1 fully saturated rings. The van der Waals surface area contributed by atoms with Gasteiger partial charge < -0.3 is 20.1 Å². The highest BCUT2D eigenvalue weighted by atomic mass is 16.6. The van der Waals surface area contributed by atoms with Crippen molar-refractivity contribution in [1.82, 2.24) is 9.88 Å². The molecule has 2 N–H and O–H groups in total. The average Bonchev–Trinajstić information content (AvgIpc) is 2.93. The third-order valence-electron chi connectivity index (χ3n) is 3.76. The number of pyridine rings is 1. The van der Waals surface area contributed by atoms with E-state index in [1.165, 1.54) is 4.90 Å². The van der Waals surface area contributed by atoms with Crippen molar-refractivity contribution in [3.63, 3.8) is 0 Å². The van der Waals surface area contributed by atoms with Crippen molar-refractivity contribution < 1.29 is 19.1 Å². The van der Waals surface area contributed by atoms with E-state index in [-0.39, 0.29) is 13.0 Å². The molecule has 0 aliphatic carbocycles. The Hall–Kier alpha value is -2.83. The maximum absolute atomic E-state index is 11.8. The van der Waals surface area contributed by atoms with Gasteiger partial charge >= 0.3 is 6.09 Å². The SMILES string of the molecule is COc1ccc2nc([C@H]3CN(CCC(N)=O)C(=O)O3)ccc2c1. The predicted molar refractivity (Wildman–Crippen MR) is 82.9 cm³/mol. The van der Waals surface area contributed by atoms with Gasteiger partial charge in [-0.25, -0.2) is 9.78 Å². The van der Waals surface area contributed by atoms with Gasteiger partial charge in [-0.3, -0.25) is 4.79 Å². The number of aromatic nitrogens is 1. The zero-order valence-electron chi connectivity index (χ0n) is 12.7. The summed E-state index contributed by atoms with van der Waals surface area (Å²) in [6, 6.07) is 9.33. The van der Waals surface area contributed by atoms with Crippen molar-refractivity contribution >= 4 is 22.9 Å². The molecule has 7 nitrogen and oxygen atoms in total. The lowest BCUT2D eigenvalue weighted by molar-refractivity contribution is -0.118. The number of primary amides is 1. The molecule has 1 saturated heterocycles. The van der Waals surface area contributed by atoms with Crippen LogP contribution < -0.4 is 10.5 Å². The lowest BCUT2D eigenvalue weighted by Crippen LogP contribution is -2.28. The Morgan fingerprint density at radius 3 is 3.00 bits per heavy atom. The Kier molecular flexibility index (Phi) is 4.01. The molecule has 2 aromatic rings. The number of cyclic esters (lactones) is 1. The van der Waals surface area contributed by atoms with E-state index in [1.54, 1.807) is 7.11 Å². The van der Waals surface area contributed by atoms with Gasteiger partial charge in [-0.15, -0.1) is 0 Å². The highest BCUT2D eigenvalue weighted by molar-refractivity contribution is 5.80. The fourth-order valence-electron chi connectivity index (χ4n) is 2.52. The van der Waals surface area contributed by atoms with Gasteiger partial charge in [0.05, 0.1) is 24.9 Å². The van der Waals surface area contributed by atoms with Crippen LogP contribution in [0.5, 0.6) is 5.75 Å². The summed E-state index contributed by atoms with van der Waals surface area (Å²) in [6.45, 7) is 0.621. The second-order valence-electron chi connectivity index (χ2n) is 5.33. The average molecular weight is 315 g/mol. The monoisotopic (exact) mass is 315 g/mol. The highest BCUT2D eigenvalue weighted by Crippen LogP contribution is 2.27. The number of nitrogens with two attached hydrogens (primary N) is 1. The van der Waals surface area contributed by atoms with E-state index in [9.17, 15) is 9.59 Å². The molecular weight excluding hydrogens is 298 g/mol. The van der Waals surface area contributed by atoms with Crippen LogP contribution in [0.1, 0.15) is 18.2 Å². The van der Waals surface area contributed by atoms with Crippen LogP contribution in [-0.4, -0.2) is 42.1 Å². The number of hydrogen-bond acceptors (Lipinski definition) is 5. The molecule has 2 amide bonds. The minimum atomic E-state index is -0.451. The van der Waals surface area contributed by atoms with E-state index in [1.807, 2.05) is 30.3 Å². The third kappa shape index (κ3) is 3.18. The first-order valence-electron chi connectivity index (χ1n) is 7.25. The van der Waals surface area contributed by atoms with Crippen molar-refractivity contribution in [2.75, 3.05) is 20.2 Å². The van der Waals surface area contributed by atoms with E-state index in [2.05, 4.69) is 4.98 Å². The first-order chi connectivity index (χ1) is 11.1. The van der Waals surface area contributed by atoms with Crippen molar-refractivity contribution in [1.29, 1.82) is 0 Å². The van der Waals surface area contributed by atoms with Gasteiger partial charge in [-0.05, 0) is 24.3 Å². The Labute approximate surface area is 133 Å². The molecule has 3 rings (SSSR count). The van der Waals surface area contributed by atoms with Crippen LogP contribution in [0.3, 0.4) is 0 Å². The van der Waals surface area contributed by atoms with Gasteiger partial charge in [-0.2, -0.15) is 0 Å². The highest BCUT2D eigenvalue weighted by Gasteiger charge is 2.33. The minimum Gasteiger partial charge on any atom is -0.497 e. The topological polar surface area (TPSA) is 94.7 Å². The molecule has 1 aromatic heterocycles. The summed E-state index contributed by atoms with van der Waals surface area (Å²) in [5.41, 5.74) is 6.59. The summed E-state index contributed by atoms with van der Waals surface area (Å²) >= 11 is 0. The third-order valence-corrected chi connectivity index (χ3v) is 3.76. The van der Waals surface area contributed by atoms with E-state index < -0.39 is 18.1 Å². The van der Waals surface area contributed by atoms with Crippen LogP contribution in [0.15, 0.2) is 30.3 Å². The largest absolute Gasteiger partial charge is 0.497 e. The van der Waals surface area contributed by atoms with Gasteiger partial charge in [0, 0.05) is 18.4 Å². The Morgan fingerprint density at radius 1 is 1.43 bits per heavy atom. The lowest BCUT2D eigenvalue weighted by atomic mass is 10.1.